The Morgan fingerprint density at radius 2 is 2.40 bits per heavy atom. The van der Waals surface area contributed by atoms with E-state index in [9.17, 15) is 4.79 Å². The largest absolute Gasteiger partial charge is 0.482 e. The molecule has 1 aromatic rings. The quantitative estimate of drug-likeness (QED) is 0.780. The van der Waals surface area contributed by atoms with Crippen LogP contribution in [0.5, 0.6) is 5.75 Å². The Morgan fingerprint density at radius 3 is 3.00 bits per heavy atom. The van der Waals surface area contributed by atoms with Gasteiger partial charge in [-0.2, -0.15) is 0 Å². The zero-order valence-electron chi connectivity index (χ0n) is 8.61. The summed E-state index contributed by atoms with van der Waals surface area (Å²) < 4.78 is 10.5. The first-order valence-electron chi connectivity index (χ1n) is 4.85. The minimum absolute atomic E-state index is 0.0202. The highest BCUT2D eigenvalue weighted by Gasteiger charge is 2.29. The lowest BCUT2D eigenvalue weighted by Crippen LogP contribution is -2.34. The van der Waals surface area contributed by atoms with Crippen molar-refractivity contribution in [2.75, 3.05) is 11.9 Å². The second kappa shape index (κ2) is 3.49. The van der Waals surface area contributed by atoms with E-state index in [1.165, 1.54) is 6.26 Å². The fraction of sp³-hybridized carbons (Fsp3) is 0.500. The van der Waals surface area contributed by atoms with Crippen LogP contribution in [0.4, 0.5) is 5.69 Å². The van der Waals surface area contributed by atoms with Gasteiger partial charge < -0.3 is 19.6 Å². The molecular weight excluding hydrogens is 198 g/mol. The highest BCUT2D eigenvalue weighted by atomic mass is 16.5. The van der Waals surface area contributed by atoms with Crippen molar-refractivity contribution >= 4 is 11.7 Å². The Balaban J connectivity index is 2.30. The molecule has 0 radical (unpaired) electrons. The Bertz CT molecular complexity index is 383. The molecule has 1 unspecified atom stereocenters. The second-order valence-electron chi connectivity index (χ2n) is 3.89. The minimum Gasteiger partial charge on any atom is -0.482 e. The van der Waals surface area contributed by atoms with Gasteiger partial charge in [0, 0.05) is 0 Å². The van der Waals surface area contributed by atoms with Crippen LogP contribution in [0.1, 0.15) is 24.4 Å². The SMILES string of the molecule is CC(C)C1CNc2coc(C(=O)O)c2O1. The van der Waals surface area contributed by atoms with Crippen LogP contribution in [0.2, 0.25) is 0 Å². The van der Waals surface area contributed by atoms with Crippen molar-refractivity contribution in [1.29, 1.82) is 0 Å². The molecule has 1 aliphatic rings. The Hall–Kier alpha value is -1.65. The van der Waals surface area contributed by atoms with E-state index in [1.807, 2.05) is 13.8 Å². The Kier molecular flexibility index (Phi) is 2.30. The lowest BCUT2D eigenvalue weighted by Gasteiger charge is -2.27. The second-order valence-corrected chi connectivity index (χ2v) is 3.89. The molecule has 0 bridgehead atoms. The van der Waals surface area contributed by atoms with Crippen molar-refractivity contribution in [3.8, 4) is 5.75 Å². The predicted molar refractivity (Wildman–Crippen MR) is 53.4 cm³/mol. The molecule has 1 aromatic heterocycles. The molecular formula is C10H13NO4. The average Bonchev–Trinajstić information content (AvgIpc) is 2.59. The molecule has 0 spiro atoms. The number of fused-ring (bicyclic) bond motifs is 1. The first-order chi connectivity index (χ1) is 7.09. The summed E-state index contributed by atoms with van der Waals surface area (Å²) in [6.45, 7) is 4.72. The molecule has 5 nitrogen and oxygen atoms in total. The van der Waals surface area contributed by atoms with Crippen LogP contribution in [0.3, 0.4) is 0 Å². The maximum absolute atomic E-state index is 10.8. The van der Waals surface area contributed by atoms with Gasteiger partial charge in [-0.15, -0.1) is 0 Å². The first kappa shape index (κ1) is 9.89. The number of aromatic carboxylic acids is 1. The van der Waals surface area contributed by atoms with Crippen molar-refractivity contribution in [1.82, 2.24) is 0 Å². The van der Waals surface area contributed by atoms with E-state index in [2.05, 4.69) is 5.32 Å². The third kappa shape index (κ3) is 1.65. The van der Waals surface area contributed by atoms with Gasteiger partial charge in [0.15, 0.2) is 5.75 Å². The monoisotopic (exact) mass is 211 g/mol. The van der Waals surface area contributed by atoms with Gasteiger partial charge >= 0.3 is 5.97 Å². The van der Waals surface area contributed by atoms with Crippen molar-refractivity contribution in [3.05, 3.63) is 12.0 Å². The third-order valence-electron chi connectivity index (χ3n) is 2.45. The zero-order chi connectivity index (χ0) is 11.0. The maximum atomic E-state index is 10.8. The number of nitrogens with one attached hydrogen (secondary N) is 1. The van der Waals surface area contributed by atoms with Gasteiger partial charge in [0.05, 0.1) is 6.54 Å². The van der Waals surface area contributed by atoms with Crippen molar-refractivity contribution in [2.24, 2.45) is 5.92 Å². The van der Waals surface area contributed by atoms with E-state index in [-0.39, 0.29) is 11.9 Å². The molecule has 15 heavy (non-hydrogen) atoms. The van der Waals surface area contributed by atoms with Gasteiger partial charge in [-0.05, 0) is 5.92 Å². The van der Waals surface area contributed by atoms with Crippen LogP contribution in [0, 0.1) is 5.92 Å². The number of anilines is 1. The molecule has 2 N–H and O–H groups in total. The molecule has 0 saturated carbocycles. The predicted octanol–water partition coefficient (Wildman–Crippen LogP) is 1.81. The summed E-state index contributed by atoms with van der Waals surface area (Å²) in [6, 6.07) is 0. The number of carboxylic acids is 1. The lowest BCUT2D eigenvalue weighted by atomic mass is 10.1. The smallest absolute Gasteiger partial charge is 0.375 e. The maximum Gasteiger partial charge on any atom is 0.375 e. The standard InChI is InChI=1S/C10H13NO4/c1-5(2)7-3-11-6-4-14-9(10(12)13)8(6)15-7/h4-5,7,11H,3H2,1-2H3,(H,12,13). The number of ether oxygens (including phenoxy) is 1. The number of hydrogen-bond donors (Lipinski definition) is 2. The summed E-state index contributed by atoms with van der Waals surface area (Å²) in [5.74, 6) is -0.611. The van der Waals surface area contributed by atoms with Crippen molar-refractivity contribution < 1.29 is 19.1 Å². The van der Waals surface area contributed by atoms with Gasteiger partial charge in [0.25, 0.3) is 5.76 Å². The normalized spacial score (nSPS) is 19.3. The number of rotatable bonds is 2. The molecule has 0 saturated heterocycles. The highest BCUT2D eigenvalue weighted by Crippen LogP contribution is 2.36. The van der Waals surface area contributed by atoms with E-state index in [1.54, 1.807) is 0 Å². The molecule has 82 valence electrons. The van der Waals surface area contributed by atoms with E-state index in [4.69, 9.17) is 14.3 Å². The minimum atomic E-state index is -1.11. The van der Waals surface area contributed by atoms with Gasteiger partial charge in [-0.25, -0.2) is 4.79 Å². The molecule has 0 aliphatic carbocycles. The van der Waals surface area contributed by atoms with Crippen LogP contribution in [0.15, 0.2) is 10.7 Å². The summed E-state index contributed by atoms with van der Waals surface area (Å²) in [4.78, 5) is 10.8. The van der Waals surface area contributed by atoms with E-state index in [0.29, 0.717) is 23.9 Å². The number of carboxylic acid groups (broad SMARTS) is 1. The van der Waals surface area contributed by atoms with Gasteiger partial charge in [-0.3, -0.25) is 0 Å². The first-order valence-corrected chi connectivity index (χ1v) is 4.85. The number of hydrogen-bond acceptors (Lipinski definition) is 4. The van der Waals surface area contributed by atoms with Gasteiger partial charge in [0.2, 0.25) is 0 Å². The molecule has 2 rings (SSSR count). The van der Waals surface area contributed by atoms with Crippen LogP contribution in [0.25, 0.3) is 0 Å². The molecule has 1 aliphatic heterocycles. The molecule has 0 aromatic carbocycles. The summed E-state index contributed by atoms with van der Waals surface area (Å²) in [7, 11) is 0. The fourth-order valence-corrected chi connectivity index (χ4v) is 1.51. The zero-order valence-corrected chi connectivity index (χ0v) is 8.61. The molecule has 2 heterocycles. The average molecular weight is 211 g/mol. The Morgan fingerprint density at radius 1 is 1.67 bits per heavy atom. The lowest BCUT2D eigenvalue weighted by molar-refractivity contribution is 0.0647. The van der Waals surface area contributed by atoms with E-state index in [0.717, 1.165) is 0 Å². The van der Waals surface area contributed by atoms with Crippen LogP contribution in [-0.4, -0.2) is 23.7 Å². The highest BCUT2D eigenvalue weighted by molar-refractivity contribution is 5.90. The molecule has 0 amide bonds. The molecule has 1 atom stereocenters. The van der Waals surface area contributed by atoms with Gasteiger partial charge in [-0.1, -0.05) is 13.8 Å². The topological polar surface area (TPSA) is 71.7 Å². The number of carbonyl (C=O) groups is 1. The van der Waals surface area contributed by atoms with Gasteiger partial charge in [0.1, 0.15) is 18.1 Å². The van der Waals surface area contributed by atoms with Crippen LogP contribution < -0.4 is 10.1 Å². The fourth-order valence-electron chi connectivity index (χ4n) is 1.51. The summed E-state index contributed by atoms with van der Waals surface area (Å²) >= 11 is 0. The molecule has 0 fully saturated rings. The summed E-state index contributed by atoms with van der Waals surface area (Å²) in [5.41, 5.74) is 0.615. The summed E-state index contributed by atoms with van der Waals surface area (Å²) in [6.07, 6.45) is 1.35. The van der Waals surface area contributed by atoms with E-state index < -0.39 is 5.97 Å². The molecule has 5 heteroatoms. The van der Waals surface area contributed by atoms with Crippen LogP contribution in [-0.2, 0) is 0 Å². The van der Waals surface area contributed by atoms with Crippen molar-refractivity contribution in [2.45, 2.75) is 20.0 Å². The van der Waals surface area contributed by atoms with E-state index >= 15 is 0 Å². The Labute approximate surface area is 87.0 Å². The third-order valence-corrected chi connectivity index (χ3v) is 2.45. The summed E-state index contributed by atoms with van der Waals surface area (Å²) in [5, 5.41) is 11.9. The van der Waals surface area contributed by atoms with Crippen molar-refractivity contribution in [3.63, 3.8) is 0 Å². The van der Waals surface area contributed by atoms with Crippen LogP contribution >= 0.6 is 0 Å². The number of furan rings is 1.